The van der Waals surface area contributed by atoms with Gasteiger partial charge in [0.05, 0.1) is 5.52 Å². The van der Waals surface area contributed by atoms with E-state index in [4.69, 9.17) is 0 Å². The maximum absolute atomic E-state index is 14.3. The number of amides is 2. The summed E-state index contributed by atoms with van der Waals surface area (Å²) in [6, 6.07) is 6.42. The number of aliphatic hydroxyl groups excluding tert-OH is 1. The van der Waals surface area contributed by atoms with Gasteiger partial charge in [-0.1, -0.05) is 0 Å². The van der Waals surface area contributed by atoms with Crippen LogP contribution in [-0.4, -0.2) is 40.6 Å². The summed E-state index contributed by atoms with van der Waals surface area (Å²) in [6.45, 7) is 0.426. The van der Waals surface area contributed by atoms with Crippen molar-refractivity contribution in [2.45, 2.75) is 25.0 Å². The second-order valence-electron chi connectivity index (χ2n) is 7.16. The molecule has 1 aromatic heterocycles. The Morgan fingerprint density at radius 3 is 2.57 bits per heavy atom. The number of hydrogen-bond acceptors (Lipinski definition) is 3. The molecule has 0 bridgehead atoms. The number of carbonyl (C=O) groups is 2. The molecule has 4 N–H and O–H groups in total. The Morgan fingerprint density at radius 2 is 1.90 bits per heavy atom. The minimum absolute atomic E-state index is 0.00787. The fourth-order valence-electron chi connectivity index (χ4n) is 3.63. The number of hydrogen-bond donors (Lipinski definition) is 4. The van der Waals surface area contributed by atoms with E-state index in [1.807, 2.05) is 0 Å². The van der Waals surface area contributed by atoms with Gasteiger partial charge in [0.1, 0.15) is 29.6 Å². The SMILES string of the molecule is O=C(N[C@H]1CCNC1=O)[C@H](O)Cc1c(-c2ccc(F)cc2)[nH]c2c(F)cc(F)cc12. The van der Waals surface area contributed by atoms with Gasteiger partial charge in [0.15, 0.2) is 0 Å². The van der Waals surface area contributed by atoms with E-state index in [2.05, 4.69) is 15.6 Å². The van der Waals surface area contributed by atoms with E-state index in [1.54, 1.807) is 0 Å². The topological polar surface area (TPSA) is 94.2 Å². The van der Waals surface area contributed by atoms with Crippen molar-refractivity contribution < 1.29 is 27.9 Å². The zero-order valence-electron chi connectivity index (χ0n) is 15.6. The third-order valence-corrected chi connectivity index (χ3v) is 5.13. The van der Waals surface area contributed by atoms with Crippen molar-refractivity contribution in [2.75, 3.05) is 6.54 Å². The number of rotatable bonds is 5. The molecule has 2 amide bonds. The average molecular weight is 417 g/mol. The molecular weight excluding hydrogens is 399 g/mol. The molecule has 0 spiro atoms. The highest BCUT2D eigenvalue weighted by molar-refractivity contribution is 5.93. The van der Waals surface area contributed by atoms with Crippen LogP contribution in [0.5, 0.6) is 0 Å². The third-order valence-electron chi connectivity index (χ3n) is 5.13. The quantitative estimate of drug-likeness (QED) is 0.513. The molecule has 4 rings (SSSR count). The van der Waals surface area contributed by atoms with Crippen molar-refractivity contribution in [3.05, 3.63) is 59.4 Å². The molecule has 0 saturated carbocycles. The van der Waals surface area contributed by atoms with Gasteiger partial charge in [-0.3, -0.25) is 9.59 Å². The van der Waals surface area contributed by atoms with Gasteiger partial charge in [-0.05, 0) is 47.9 Å². The fraction of sp³-hybridized carbons (Fsp3) is 0.238. The Morgan fingerprint density at radius 1 is 1.17 bits per heavy atom. The van der Waals surface area contributed by atoms with Crippen molar-refractivity contribution in [3.8, 4) is 11.3 Å². The first-order valence-corrected chi connectivity index (χ1v) is 9.35. The molecule has 2 heterocycles. The van der Waals surface area contributed by atoms with Crippen LogP contribution in [0.2, 0.25) is 0 Å². The lowest BCUT2D eigenvalue weighted by atomic mass is 9.99. The second kappa shape index (κ2) is 7.83. The summed E-state index contributed by atoms with van der Waals surface area (Å²) in [5.74, 6) is -3.22. The number of nitrogens with one attached hydrogen (secondary N) is 3. The summed E-state index contributed by atoms with van der Waals surface area (Å²) in [5.41, 5.74) is 1.12. The average Bonchev–Trinajstić information content (AvgIpc) is 3.26. The van der Waals surface area contributed by atoms with Crippen LogP contribution < -0.4 is 10.6 Å². The summed E-state index contributed by atoms with van der Waals surface area (Å²) in [6.07, 6.45) is -1.43. The Labute approximate surface area is 169 Å². The molecule has 30 heavy (non-hydrogen) atoms. The van der Waals surface area contributed by atoms with Gasteiger partial charge in [0.2, 0.25) is 11.8 Å². The summed E-state index contributed by atoms with van der Waals surface area (Å²) in [4.78, 5) is 26.9. The van der Waals surface area contributed by atoms with Crippen LogP contribution in [0, 0.1) is 17.5 Å². The molecule has 3 aromatic rings. The maximum Gasteiger partial charge on any atom is 0.249 e. The highest BCUT2D eigenvalue weighted by Crippen LogP contribution is 2.33. The van der Waals surface area contributed by atoms with E-state index in [0.717, 1.165) is 12.1 Å². The second-order valence-corrected chi connectivity index (χ2v) is 7.16. The number of aromatic nitrogens is 1. The molecule has 1 aliphatic heterocycles. The molecule has 9 heteroatoms. The van der Waals surface area contributed by atoms with Crippen molar-refractivity contribution in [1.29, 1.82) is 0 Å². The van der Waals surface area contributed by atoms with E-state index >= 15 is 0 Å². The number of halogens is 3. The molecule has 1 fully saturated rings. The lowest BCUT2D eigenvalue weighted by Crippen LogP contribution is -2.45. The van der Waals surface area contributed by atoms with Crippen molar-refractivity contribution in [3.63, 3.8) is 0 Å². The highest BCUT2D eigenvalue weighted by Gasteiger charge is 2.29. The van der Waals surface area contributed by atoms with Crippen molar-refractivity contribution in [1.82, 2.24) is 15.6 Å². The highest BCUT2D eigenvalue weighted by atomic mass is 19.1. The molecule has 1 saturated heterocycles. The van der Waals surface area contributed by atoms with E-state index in [-0.39, 0.29) is 23.2 Å². The molecule has 0 unspecified atom stereocenters. The van der Waals surface area contributed by atoms with Crippen LogP contribution in [0.15, 0.2) is 36.4 Å². The first kappa shape index (κ1) is 20.0. The van der Waals surface area contributed by atoms with E-state index in [0.29, 0.717) is 29.8 Å². The number of aromatic amines is 1. The van der Waals surface area contributed by atoms with Crippen LogP contribution in [0.1, 0.15) is 12.0 Å². The largest absolute Gasteiger partial charge is 0.383 e. The zero-order chi connectivity index (χ0) is 21.4. The first-order chi connectivity index (χ1) is 14.3. The minimum atomic E-state index is -1.57. The zero-order valence-corrected chi connectivity index (χ0v) is 15.6. The van der Waals surface area contributed by atoms with Crippen LogP contribution in [0.3, 0.4) is 0 Å². The Hall–Kier alpha value is -3.33. The van der Waals surface area contributed by atoms with Gasteiger partial charge in [-0.25, -0.2) is 13.2 Å². The number of fused-ring (bicyclic) bond motifs is 1. The molecule has 0 aliphatic carbocycles. The lowest BCUT2D eigenvalue weighted by molar-refractivity contribution is -0.132. The number of aliphatic hydroxyl groups is 1. The van der Waals surface area contributed by atoms with Crippen LogP contribution in [0.25, 0.3) is 22.2 Å². The third kappa shape index (κ3) is 3.76. The molecule has 1 aliphatic rings. The standard InChI is InChI=1S/C21H18F3N3O3/c22-11-3-1-10(2-4-11)18-14(13-7-12(23)8-15(24)19(13)27-18)9-17(28)21(30)26-16-5-6-25-20(16)29/h1-4,7-8,16-17,27-28H,5-6,9H2,(H,25,29)(H,26,30)/t16-,17+/m0/s1. The summed E-state index contributed by atoms with van der Waals surface area (Å²) < 4.78 is 41.5. The van der Waals surface area contributed by atoms with Crippen LogP contribution in [0.4, 0.5) is 13.2 Å². The Balaban J connectivity index is 1.70. The normalized spacial score (nSPS) is 17.2. The number of carbonyl (C=O) groups excluding carboxylic acids is 2. The van der Waals surface area contributed by atoms with Gasteiger partial charge < -0.3 is 20.7 Å². The fourth-order valence-corrected chi connectivity index (χ4v) is 3.63. The van der Waals surface area contributed by atoms with Gasteiger partial charge in [-0.15, -0.1) is 0 Å². The molecule has 156 valence electrons. The van der Waals surface area contributed by atoms with Gasteiger partial charge in [0, 0.05) is 30.1 Å². The molecule has 0 radical (unpaired) electrons. The van der Waals surface area contributed by atoms with Crippen LogP contribution >= 0.6 is 0 Å². The Kier molecular flexibility index (Phi) is 5.21. The smallest absolute Gasteiger partial charge is 0.249 e. The Bertz CT molecular complexity index is 1130. The van der Waals surface area contributed by atoms with Gasteiger partial charge in [-0.2, -0.15) is 0 Å². The summed E-state index contributed by atoms with van der Waals surface area (Å²) in [5, 5.41) is 15.7. The van der Waals surface area contributed by atoms with E-state index in [1.165, 1.54) is 24.3 Å². The number of H-pyrrole nitrogens is 1. The summed E-state index contributed by atoms with van der Waals surface area (Å²) >= 11 is 0. The van der Waals surface area contributed by atoms with Crippen molar-refractivity contribution in [2.24, 2.45) is 0 Å². The lowest BCUT2D eigenvalue weighted by Gasteiger charge is -2.15. The number of benzene rings is 2. The molecule has 2 aromatic carbocycles. The van der Waals surface area contributed by atoms with Gasteiger partial charge in [0.25, 0.3) is 0 Å². The maximum atomic E-state index is 14.3. The molecular formula is C21H18F3N3O3. The monoisotopic (exact) mass is 417 g/mol. The summed E-state index contributed by atoms with van der Waals surface area (Å²) in [7, 11) is 0. The van der Waals surface area contributed by atoms with E-state index < -0.39 is 35.5 Å². The predicted molar refractivity (Wildman–Crippen MR) is 103 cm³/mol. The van der Waals surface area contributed by atoms with Crippen molar-refractivity contribution >= 4 is 22.7 Å². The predicted octanol–water partition coefficient (Wildman–Crippen LogP) is 2.16. The molecule has 6 nitrogen and oxygen atoms in total. The van der Waals surface area contributed by atoms with Crippen LogP contribution in [-0.2, 0) is 16.0 Å². The van der Waals surface area contributed by atoms with Gasteiger partial charge >= 0.3 is 0 Å². The first-order valence-electron chi connectivity index (χ1n) is 9.35. The minimum Gasteiger partial charge on any atom is -0.383 e. The van der Waals surface area contributed by atoms with E-state index in [9.17, 15) is 27.9 Å². The molecule has 2 atom stereocenters.